The first-order valence-electron chi connectivity index (χ1n) is 3.18. The van der Waals surface area contributed by atoms with Crippen molar-refractivity contribution in [2.45, 2.75) is 6.43 Å². The summed E-state index contributed by atoms with van der Waals surface area (Å²) in [7, 11) is 0. The molecule has 0 heterocycles. The maximum absolute atomic E-state index is 12.2. The smallest absolute Gasteiger partial charge is 0.264 e. The number of benzene rings is 1. The molecule has 0 amide bonds. The van der Waals surface area contributed by atoms with Crippen molar-refractivity contribution in [2.75, 3.05) is 0 Å². The van der Waals surface area contributed by atoms with Gasteiger partial charge in [-0.1, -0.05) is 22.0 Å². The Labute approximate surface area is 76.5 Å². The minimum Gasteiger partial charge on any atom is -0.298 e. The second-order valence-electron chi connectivity index (χ2n) is 2.20. The number of aldehydes is 1. The summed E-state index contributed by atoms with van der Waals surface area (Å²) < 4.78 is 24.7. The van der Waals surface area contributed by atoms with Crippen LogP contribution in [0, 0.1) is 0 Å². The first kappa shape index (κ1) is 9.32. The third kappa shape index (κ3) is 1.88. The van der Waals surface area contributed by atoms with Crippen molar-refractivity contribution in [3.8, 4) is 0 Å². The maximum Gasteiger partial charge on any atom is 0.264 e. The van der Waals surface area contributed by atoms with Crippen molar-refractivity contribution in [1.82, 2.24) is 0 Å². The van der Waals surface area contributed by atoms with Gasteiger partial charge in [-0.15, -0.1) is 0 Å². The quantitative estimate of drug-likeness (QED) is 0.719. The fraction of sp³-hybridized carbons (Fsp3) is 0.125. The van der Waals surface area contributed by atoms with Crippen molar-refractivity contribution in [2.24, 2.45) is 0 Å². The lowest BCUT2D eigenvalue weighted by Gasteiger charge is -2.02. The third-order valence-corrected chi connectivity index (χ3v) is 2.11. The summed E-state index contributed by atoms with van der Waals surface area (Å²) in [6.07, 6.45) is -2.02. The Kier molecular flexibility index (Phi) is 2.92. The van der Waals surface area contributed by atoms with E-state index < -0.39 is 6.43 Å². The number of carbonyl (C=O) groups is 1. The summed E-state index contributed by atoms with van der Waals surface area (Å²) in [6, 6.07) is 4.08. The summed E-state index contributed by atoms with van der Waals surface area (Å²) in [5.41, 5.74) is 0.105. The molecular formula is C8H5BrF2O. The van der Waals surface area contributed by atoms with Crippen LogP contribution in [0.25, 0.3) is 0 Å². The summed E-state index contributed by atoms with van der Waals surface area (Å²) in [5.74, 6) is 0. The van der Waals surface area contributed by atoms with E-state index in [-0.39, 0.29) is 11.1 Å². The van der Waals surface area contributed by atoms with Gasteiger partial charge in [0, 0.05) is 15.6 Å². The largest absolute Gasteiger partial charge is 0.298 e. The Morgan fingerprint density at radius 3 is 2.58 bits per heavy atom. The van der Waals surface area contributed by atoms with Gasteiger partial charge in [-0.05, 0) is 12.1 Å². The highest BCUT2D eigenvalue weighted by molar-refractivity contribution is 9.10. The van der Waals surface area contributed by atoms with E-state index >= 15 is 0 Å². The van der Waals surface area contributed by atoms with Crippen LogP contribution in [0.15, 0.2) is 22.7 Å². The van der Waals surface area contributed by atoms with Gasteiger partial charge in [0.05, 0.1) is 0 Å². The van der Waals surface area contributed by atoms with Crippen molar-refractivity contribution in [1.29, 1.82) is 0 Å². The number of halogens is 3. The molecule has 0 aromatic heterocycles. The molecule has 1 aromatic carbocycles. The molecular weight excluding hydrogens is 230 g/mol. The van der Waals surface area contributed by atoms with Crippen LogP contribution in [-0.2, 0) is 0 Å². The van der Waals surface area contributed by atoms with Crippen LogP contribution in [0.1, 0.15) is 22.3 Å². The zero-order valence-corrected chi connectivity index (χ0v) is 7.51. The maximum atomic E-state index is 12.2. The Balaban J connectivity index is 3.16. The highest BCUT2D eigenvalue weighted by Gasteiger charge is 2.11. The van der Waals surface area contributed by atoms with E-state index in [0.717, 1.165) is 0 Å². The van der Waals surface area contributed by atoms with Crippen LogP contribution in [0.3, 0.4) is 0 Å². The van der Waals surface area contributed by atoms with Crippen molar-refractivity contribution in [3.63, 3.8) is 0 Å². The first-order valence-corrected chi connectivity index (χ1v) is 3.97. The van der Waals surface area contributed by atoms with Gasteiger partial charge in [0.1, 0.15) is 6.29 Å². The van der Waals surface area contributed by atoms with Crippen molar-refractivity contribution < 1.29 is 13.6 Å². The normalized spacial score (nSPS) is 10.3. The molecule has 1 aromatic rings. The van der Waals surface area contributed by atoms with Gasteiger partial charge < -0.3 is 0 Å². The van der Waals surface area contributed by atoms with E-state index in [1.807, 2.05) is 0 Å². The summed E-state index contributed by atoms with van der Waals surface area (Å²) in [5, 5.41) is 0. The monoisotopic (exact) mass is 234 g/mol. The van der Waals surface area contributed by atoms with Gasteiger partial charge >= 0.3 is 0 Å². The van der Waals surface area contributed by atoms with Gasteiger partial charge in [0.25, 0.3) is 6.43 Å². The second kappa shape index (κ2) is 3.76. The average molecular weight is 235 g/mol. The molecule has 0 saturated carbocycles. The van der Waals surface area contributed by atoms with Crippen LogP contribution in [0.2, 0.25) is 0 Å². The van der Waals surface area contributed by atoms with E-state index in [9.17, 15) is 13.6 Å². The van der Waals surface area contributed by atoms with Crippen LogP contribution in [0.5, 0.6) is 0 Å². The minimum atomic E-state index is -2.56. The third-order valence-electron chi connectivity index (χ3n) is 1.39. The molecule has 0 N–H and O–H groups in total. The molecule has 64 valence electrons. The zero-order valence-electron chi connectivity index (χ0n) is 5.93. The van der Waals surface area contributed by atoms with Crippen LogP contribution in [-0.4, -0.2) is 6.29 Å². The molecule has 0 aliphatic carbocycles. The van der Waals surface area contributed by atoms with E-state index in [4.69, 9.17) is 0 Å². The molecule has 4 heteroatoms. The molecule has 12 heavy (non-hydrogen) atoms. The summed E-state index contributed by atoms with van der Waals surface area (Å²) in [6.45, 7) is 0. The predicted octanol–water partition coefficient (Wildman–Crippen LogP) is 3.20. The average Bonchev–Trinajstić information content (AvgIpc) is 2.05. The van der Waals surface area contributed by atoms with Gasteiger partial charge in [0.15, 0.2) is 0 Å². The lowest BCUT2D eigenvalue weighted by atomic mass is 10.1. The highest BCUT2D eigenvalue weighted by Crippen LogP contribution is 2.27. The molecule has 0 spiro atoms. The van der Waals surface area contributed by atoms with E-state index in [2.05, 4.69) is 15.9 Å². The fourth-order valence-corrected chi connectivity index (χ4v) is 1.22. The second-order valence-corrected chi connectivity index (χ2v) is 3.05. The molecule has 0 aliphatic rings. The molecule has 1 rings (SSSR count). The molecule has 0 unspecified atom stereocenters. The number of carbonyl (C=O) groups excluding carboxylic acids is 1. The van der Waals surface area contributed by atoms with Crippen molar-refractivity contribution >= 4 is 22.2 Å². The van der Waals surface area contributed by atoms with Gasteiger partial charge in [-0.2, -0.15) is 0 Å². The van der Waals surface area contributed by atoms with Crippen LogP contribution in [0.4, 0.5) is 8.78 Å². The predicted molar refractivity (Wildman–Crippen MR) is 44.5 cm³/mol. The number of hydrogen-bond acceptors (Lipinski definition) is 1. The van der Waals surface area contributed by atoms with E-state index in [1.165, 1.54) is 18.2 Å². The number of rotatable bonds is 2. The minimum absolute atomic E-state index is 0.153. The molecule has 0 aliphatic heterocycles. The van der Waals surface area contributed by atoms with Gasteiger partial charge in [-0.25, -0.2) is 8.78 Å². The fourth-order valence-electron chi connectivity index (χ4n) is 0.803. The lowest BCUT2D eigenvalue weighted by Crippen LogP contribution is -1.89. The van der Waals surface area contributed by atoms with Gasteiger partial charge in [-0.3, -0.25) is 4.79 Å². The highest BCUT2D eigenvalue weighted by atomic mass is 79.9. The number of alkyl halides is 2. The van der Waals surface area contributed by atoms with Crippen LogP contribution < -0.4 is 0 Å². The summed E-state index contributed by atoms with van der Waals surface area (Å²) >= 11 is 2.96. The zero-order chi connectivity index (χ0) is 9.14. The molecule has 0 bridgehead atoms. The van der Waals surface area contributed by atoms with Gasteiger partial charge in [0.2, 0.25) is 0 Å². The molecule has 0 fully saturated rings. The Hall–Kier alpha value is -0.770. The lowest BCUT2D eigenvalue weighted by molar-refractivity contribution is 0.112. The molecule has 0 atom stereocenters. The number of hydrogen-bond donors (Lipinski definition) is 0. The van der Waals surface area contributed by atoms with Crippen LogP contribution >= 0.6 is 15.9 Å². The standard InChI is InChI=1S/C8H5BrF2O/c9-7-2-1-5(4-12)3-6(7)8(10)11/h1-4,8H. The van der Waals surface area contributed by atoms with E-state index in [0.29, 0.717) is 10.8 Å². The Morgan fingerprint density at radius 1 is 1.42 bits per heavy atom. The Bertz CT molecular complexity index is 299. The first-order chi connectivity index (χ1) is 5.65. The SMILES string of the molecule is O=Cc1ccc(Br)c(C(F)F)c1. The molecule has 0 saturated heterocycles. The summed E-state index contributed by atoms with van der Waals surface area (Å²) in [4.78, 5) is 10.2. The molecule has 0 radical (unpaired) electrons. The topological polar surface area (TPSA) is 17.1 Å². The Morgan fingerprint density at radius 2 is 2.08 bits per heavy atom. The van der Waals surface area contributed by atoms with E-state index in [1.54, 1.807) is 0 Å². The molecule has 1 nitrogen and oxygen atoms in total. The van der Waals surface area contributed by atoms with Crippen molar-refractivity contribution in [3.05, 3.63) is 33.8 Å².